The molecule has 2 aromatic carbocycles. The lowest BCUT2D eigenvalue weighted by Gasteiger charge is -2.41. The van der Waals surface area contributed by atoms with E-state index in [0.717, 1.165) is 41.5 Å². The van der Waals surface area contributed by atoms with Crippen LogP contribution in [0.2, 0.25) is 0 Å². The molecule has 8 nitrogen and oxygen atoms in total. The molecule has 0 radical (unpaired) electrons. The van der Waals surface area contributed by atoms with Crippen LogP contribution in [0.5, 0.6) is 0 Å². The SMILES string of the molecule is O=C(CN1C(=O)C2(CCN(C(=O)C3CCC4NNCC4C3)CC2)c2c(Br)cccc21)Nc1ccccc1. The molecule has 4 aliphatic rings. The van der Waals surface area contributed by atoms with E-state index >= 15 is 0 Å². The molecule has 0 bridgehead atoms. The van der Waals surface area contributed by atoms with Crippen LogP contribution in [0.4, 0.5) is 11.4 Å². The number of hydrazine groups is 1. The van der Waals surface area contributed by atoms with Gasteiger partial charge in [-0.1, -0.05) is 40.2 Å². The summed E-state index contributed by atoms with van der Waals surface area (Å²) in [6.45, 7) is 1.98. The van der Waals surface area contributed by atoms with Gasteiger partial charge in [-0.25, -0.2) is 0 Å². The van der Waals surface area contributed by atoms with E-state index in [9.17, 15) is 14.4 Å². The molecule has 194 valence electrons. The third-order valence-corrected chi connectivity index (χ3v) is 9.35. The molecule has 0 aromatic heterocycles. The van der Waals surface area contributed by atoms with Crippen LogP contribution in [0.3, 0.4) is 0 Å². The minimum atomic E-state index is -0.726. The number of anilines is 2. The number of halogens is 1. The summed E-state index contributed by atoms with van der Waals surface area (Å²) < 4.78 is 0.878. The molecule has 3 fully saturated rings. The van der Waals surface area contributed by atoms with Gasteiger partial charge in [0.2, 0.25) is 17.7 Å². The van der Waals surface area contributed by atoms with Gasteiger partial charge < -0.3 is 15.1 Å². The number of carbonyl (C=O) groups is 3. The van der Waals surface area contributed by atoms with Crippen LogP contribution in [0.1, 0.15) is 37.7 Å². The summed E-state index contributed by atoms with van der Waals surface area (Å²) in [5, 5.41) is 2.89. The average molecular weight is 567 g/mol. The fourth-order valence-electron chi connectivity index (χ4n) is 6.76. The van der Waals surface area contributed by atoms with Crippen molar-refractivity contribution in [2.45, 2.75) is 43.6 Å². The number of amides is 3. The maximum Gasteiger partial charge on any atom is 0.244 e. The van der Waals surface area contributed by atoms with E-state index < -0.39 is 5.41 Å². The lowest BCUT2D eigenvalue weighted by Crippen LogP contribution is -2.52. The number of hydrogen-bond donors (Lipinski definition) is 3. The Morgan fingerprint density at radius 2 is 1.84 bits per heavy atom. The molecule has 3 aliphatic heterocycles. The Labute approximate surface area is 225 Å². The highest BCUT2D eigenvalue weighted by molar-refractivity contribution is 9.10. The van der Waals surface area contributed by atoms with Gasteiger partial charge >= 0.3 is 0 Å². The van der Waals surface area contributed by atoms with Gasteiger partial charge in [0.1, 0.15) is 6.54 Å². The van der Waals surface area contributed by atoms with Crippen molar-refractivity contribution in [2.75, 3.05) is 36.4 Å². The summed E-state index contributed by atoms with van der Waals surface area (Å²) in [4.78, 5) is 43.9. The Bertz CT molecular complexity index is 1210. The van der Waals surface area contributed by atoms with Crippen LogP contribution < -0.4 is 21.1 Å². The fourth-order valence-corrected chi connectivity index (χ4v) is 7.50. The standard InChI is InChI=1S/C28H32BrN5O3/c29-21-7-4-8-23-25(21)28(27(37)34(23)17-24(35)31-20-5-2-1-3-6-20)11-13-33(14-12-28)26(36)18-9-10-22-19(15-18)16-30-32-22/h1-8,18-19,22,30,32H,9-17H2,(H,31,35). The minimum absolute atomic E-state index is 0.0473. The number of fused-ring (bicyclic) bond motifs is 3. The van der Waals surface area contributed by atoms with Crippen molar-refractivity contribution in [2.24, 2.45) is 11.8 Å². The number of rotatable bonds is 4. The van der Waals surface area contributed by atoms with Crippen LogP contribution in [-0.4, -0.2) is 54.8 Å². The van der Waals surface area contributed by atoms with E-state index in [0.29, 0.717) is 43.6 Å². The zero-order valence-corrected chi connectivity index (χ0v) is 22.3. The first-order valence-electron chi connectivity index (χ1n) is 13.2. The van der Waals surface area contributed by atoms with Crippen molar-refractivity contribution in [3.63, 3.8) is 0 Å². The lowest BCUT2D eigenvalue weighted by molar-refractivity contribution is -0.140. The second kappa shape index (κ2) is 9.85. The molecule has 6 rings (SSSR count). The van der Waals surface area contributed by atoms with Gasteiger partial charge in [-0.2, -0.15) is 0 Å². The summed E-state index contributed by atoms with van der Waals surface area (Å²) in [5.74, 6) is 0.522. The molecule has 3 N–H and O–H groups in total. The van der Waals surface area contributed by atoms with Gasteiger partial charge in [-0.05, 0) is 62.3 Å². The van der Waals surface area contributed by atoms with Crippen LogP contribution >= 0.6 is 15.9 Å². The molecule has 3 heterocycles. The zero-order chi connectivity index (χ0) is 25.6. The van der Waals surface area contributed by atoms with Gasteiger partial charge in [0, 0.05) is 53.0 Å². The van der Waals surface area contributed by atoms with E-state index in [2.05, 4.69) is 32.1 Å². The number of likely N-dealkylation sites (tertiary alicyclic amines) is 1. The van der Waals surface area contributed by atoms with Crippen LogP contribution in [0.25, 0.3) is 0 Å². The smallest absolute Gasteiger partial charge is 0.244 e. The molecule has 2 saturated heterocycles. The van der Waals surface area contributed by atoms with E-state index in [1.807, 2.05) is 53.4 Å². The van der Waals surface area contributed by atoms with Crippen LogP contribution in [-0.2, 0) is 19.8 Å². The highest BCUT2D eigenvalue weighted by Crippen LogP contribution is 2.51. The molecule has 3 unspecified atom stereocenters. The van der Waals surface area contributed by atoms with Crippen molar-refractivity contribution in [1.82, 2.24) is 15.8 Å². The van der Waals surface area contributed by atoms with Gasteiger partial charge in [-0.15, -0.1) is 0 Å². The predicted molar refractivity (Wildman–Crippen MR) is 145 cm³/mol. The zero-order valence-electron chi connectivity index (χ0n) is 20.7. The van der Waals surface area contributed by atoms with E-state index in [4.69, 9.17) is 0 Å². The highest BCUT2D eigenvalue weighted by Gasteiger charge is 2.54. The quantitative estimate of drug-likeness (QED) is 0.529. The van der Waals surface area contributed by atoms with Gasteiger partial charge in [-0.3, -0.25) is 25.2 Å². The topological polar surface area (TPSA) is 93.8 Å². The second-order valence-corrected chi connectivity index (χ2v) is 11.6. The van der Waals surface area contributed by atoms with Gasteiger partial charge in [0.05, 0.1) is 5.41 Å². The fraction of sp³-hybridized carbons (Fsp3) is 0.464. The number of benzene rings is 2. The number of piperidine rings is 1. The minimum Gasteiger partial charge on any atom is -0.342 e. The van der Waals surface area contributed by atoms with Crippen molar-refractivity contribution < 1.29 is 14.4 Å². The summed E-state index contributed by atoms with van der Waals surface area (Å²) in [6, 6.07) is 15.5. The number of nitrogens with zero attached hydrogens (tertiary/aromatic N) is 2. The van der Waals surface area contributed by atoms with Crippen molar-refractivity contribution >= 4 is 45.0 Å². The normalized spacial score (nSPS) is 26.2. The molecule has 1 aliphatic carbocycles. The summed E-state index contributed by atoms with van der Waals surface area (Å²) in [5.41, 5.74) is 8.27. The summed E-state index contributed by atoms with van der Waals surface area (Å²) >= 11 is 3.69. The number of para-hydroxylation sites is 1. The second-order valence-electron chi connectivity index (χ2n) is 10.7. The third kappa shape index (κ3) is 4.36. The van der Waals surface area contributed by atoms with Gasteiger partial charge in [0.15, 0.2) is 0 Å². The molecule has 3 amide bonds. The van der Waals surface area contributed by atoms with E-state index in [1.165, 1.54) is 0 Å². The maximum absolute atomic E-state index is 14.0. The molecular formula is C28H32BrN5O3. The summed E-state index contributed by atoms with van der Waals surface area (Å²) in [6.07, 6.45) is 3.97. The Hall–Kier alpha value is -2.75. The molecule has 9 heteroatoms. The van der Waals surface area contributed by atoms with Gasteiger partial charge in [0.25, 0.3) is 0 Å². The van der Waals surface area contributed by atoms with Crippen molar-refractivity contribution in [1.29, 1.82) is 0 Å². The summed E-state index contributed by atoms with van der Waals surface area (Å²) in [7, 11) is 0. The first-order valence-corrected chi connectivity index (χ1v) is 14.0. The number of nitrogens with one attached hydrogen (secondary N) is 3. The van der Waals surface area contributed by atoms with E-state index in [-0.39, 0.29) is 30.2 Å². The number of carbonyl (C=O) groups excluding carboxylic acids is 3. The Kier molecular flexibility index (Phi) is 6.54. The molecular weight excluding hydrogens is 534 g/mol. The Morgan fingerprint density at radius 3 is 2.62 bits per heavy atom. The first-order chi connectivity index (χ1) is 18.0. The van der Waals surface area contributed by atoms with Crippen molar-refractivity contribution in [3.8, 4) is 0 Å². The average Bonchev–Trinajstić information content (AvgIpc) is 3.47. The molecule has 1 saturated carbocycles. The third-order valence-electron chi connectivity index (χ3n) is 8.69. The lowest BCUT2D eigenvalue weighted by atomic mass is 9.73. The van der Waals surface area contributed by atoms with E-state index in [1.54, 1.807) is 4.90 Å². The molecule has 2 aromatic rings. The Morgan fingerprint density at radius 1 is 1.05 bits per heavy atom. The van der Waals surface area contributed by atoms with Crippen molar-refractivity contribution in [3.05, 3.63) is 58.6 Å². The highest BCUT2D eigenvalue weighted by atomic mass is 79.9. The predicted octanol–water partition coefficient (Wildman–Crippen LogP) is 3.19. The number of hydrogen-bond acceptors (Lipinski definition) is 5. The largest absolute Gasteiger partial charge is 0.342 e. The molecule has 37 heavy (non-hydrogen) atoms. The first kappa shape index (κ1) is 24.6. The Balaban J connectivity index is 1.18. The molecule has 3 atom stereocenters. The van der Waals surface area contributed by atoms with Crippen LogP contribution in [0, 0.1) is 11.8 Å². The maximum atomic E-state index is 14.0. The van der Waals surface area contributed by atoms with Crippen LogP contribution in [0.15, 0.2) is 53.0 Å². The molecule has 1 spiro atoms. The monoisotopic (exact) mass is 565 g/mol.